The Kier molecular flexibility index (Phi) is 5.01. The van der Waals surface area contributed by atoms with Gasteiger partial charge in [-0.15, -0.1) is 0 Å². The van der Waals surface area contributed by atoms with Crippen LogP contribution in [0.4, 0.5) is 0 Å². The summed E-state index contributed by atoms with van der Waals surface area (Å²) in [5, 5.41) is 1.03. The van der Waals surface area contributed by atoms with Crippen LogP contribution < -0.4 is 0 Å². The quantitative estimate of drug-likeness (QED) is 0.476. The SMILES string of the molecule is O=C(c1ccc2ccccc2n1)N1CCCC[C@H]1c1ncc(Cc2ccccc2)o1. The van der Waals surface area contributed by atoms with Crippen molar-refractivity contribution in [1.82, 2.24) is 14.9 Å². The molecule has 5 rings (SSSR count). The number of oxazole rings is 1. The van der Waals surface area contributed by atoms with Gasteiger partial charge in [0.15, 0.2) is 0 Å². The number of hydrogen-bond acceptors (Lipinski definition) is 4. The van der Waals surface area contributed by atoms with Gasteiger partial charge in [0.25, 0.3) is 5.91 Å². The molecule has 0 radical (unpaired) electrons. The average Bonchev–Trinajstić information content (AvgIpc) is 3.27. The number of nitrogens with zero attached hydrogens (tertiary/aromatic N) is 3. The van der Waals surface area contributed by atoms with Crippen LogP contribution in [0, 0.1) is 0 Å². The summed E-state index contributed by atoms with van der Waals surface area (Å²) in [6.07, 6.45) is 5.36. The maximum absolute atomic E-state index is 13.3. The predicted molar refractivity (Wildman–Crippen MR) is 115 cm³/mol. The number of amides is 1. The van der Waals surface area contributed by atoms with Gasteiger partial charge in [0.1, 0.15) is 17.5 Å². The third kappa shape index (κ3) is 3.71. The molecule has 0 spiro atoms. The van der Waals surface area contributed by atoms with Crippen LogP contribution in [-0.4, -0.2) is 27.3 Å². The van der Waals surface area contributed by atoms with Gasteiger partial charge in [-0.25, -0.2) is 9.97 Å². The van der Waals surface area contributed by atoms with Gasteiger partial charge in [0.05, 0.1) is 11.7 Å². The molecule has 0 unspecified atom stereocenters. The smallest absolute Gasteiger partial charge is 0.273 e. The molecule has 2 aromatic heterocycles. The van der Waals surface area contributed by atoms with E-state index >= 15 is 0 Å². The highest BCUT2D eigenvalue weighted by Gasteiger charge is 2.32. The van der Waals surface area contributed by atoms with E-state index in [-0.39, 0.29) is 11.9 Å². The van der Waals surface area contributed by atoms with Crippen molar-refractivity contribution in [3.05, 3.63) is 95.8 Å². The molecule has 0 saturated carbocycles. The maximum Gasteiger partial charge on any atom is 0.273 e. The van der Waals surface area contributed by atoms with Crippen LogP contribution in [0.15, 0.2) is 77.3 Å². The van der Waals surface area contributed by atoms with E-state index in [0.717, 1.165) is 35.9 Å². The van der Waals surface area contributed by atoms with Crippen LogP contribution >= 0.6 is 0 Å². The molecule has 1 saturated heterocycles. The molecule has 0 aliphatic carbocycles. The first-order valence-electron chi connectivity index (χ1n) is 10.4. The first-order chi connectivity index (χ1) is 14.8. The number of carbonyl (C=O) groups excluding carboxylic acids is 1. The van der Waals surface area contributed by atoms with E-state index in [1.165, 1.54) is 5.56 Å². The van der Waals surface area contributed by atoms with Gasteiger partial charge in [0, 0.05) is 18.4 Å². The molecule has 4 aromatic rings. The lowest BCUT2D eigenvalue weighted by molar-refractivity contribution is 0.0564. The van der Waals surface area contributed by atoms with Gasteiger partial charge in [-0.05, 0) is 37.0 Å². The summed E-state index contributed by atoms with van der Waals surface area (Å²) >= 11 is 0. The summed E-state index contributed by atoms with van der Waals surface area (Å²) < 4.78 is 6.09. The molecule has 1 aliphatic heterocycles. The first-order valence-corrected chi connectivity index (χ1v) is 10.4. The van der Waals surface area contributed by atoms with Crippen molar-refractivity contribution in [2.45, 2.75) is 31.7 Å². The summed E-state index contributed by atoms with van der Waals surface area (Å²) in [6.45, 7) is 0.689. The van der Waals surface area contributed by atoms with Crippen LogP contribution in [0.2, 0.25) is 0 Å². The predicted octanol–water partition coefficient (Wildman–Crippen LogP) is 5.18. The van der Waals surface area contributed by atoms with Gasteiger partial charge in [0.2, 0.25) is 5.89 Å². The van der Waals surface area contributed by atoms with E-state index in [9.17, 15) is 4.79 Å². The third-order valence-corrected chi connectivity index (χ3v) is 5.66. The second-order valence-corrected chi connectivity index (χ2v) is 7.73. The lowest BCUT2D eigenvalue weighted by Gasteiger charge is -2.33. The Morgan fingerprint density at radius 1 is 1.00 bits per heavy atom. The minimum atomic E-state index is -0.149. The zero-order chi connectivity index (χ0) is 20.3. The fraction of sp³-hybridized carbons (Fsp3) is 0.240. The number of benzene rings is 2. The molecule has 150 valence electrons. The number of aromatic nitrogens is 2. The Morgan fingerprint density at radius 2 is 1.83 bits per heavy atom. The number of fused-ring (bicyclic) bond motifs is 1. The lowest BCUT2D eigenvalue weighted by Crippen LogP contribution is -2.39. The highest BCUT2D eigenvalue weighted by Crippen LogP contribution is 2.32. The zero-order valence-corrected chi connectivity index (χ0v) is 16.7. The Bertz CT molecular complexity index is 1170. The number of para-hydroxylation sites is 1. The van der Waals surface area contributed by atoms with Crippen molar-refractivity contribution in [2.24, 2.45) is 0 Å². The van der Waals surface area contributed by atoms with E-state index in [2.05, 4.69) is 22.1 Å². The molecule has 30 heavy (non-hydrogen) atoms. The number of hydrogen-bond donors (Lipinski definition) is 0. The lowest BCUT2D eigenvalue weighted by atomic mass is 10.0. The van der Waals surface area contributed by atoms with Crippen molar-refractivity contribution < 1.29 is 9.21 Å². The Labute approximate surface area is 175 Å². The van der Waals surface area contributed by atoms with Crippen molar-refractivity contribution in [3.8, 4) is 0 Å². The molecule has 2 aromatic carbocycles. The summed E-state index contributed by atoms with van der Waals surface area (Å²) in [4.78, 5) is 24.3. The maximum atomic E-state index is 13.3. The largest absolute Gasteiger partial charge is 0.443 e. The minimum absolute atomic E-state index is 0.0618. The first kappa shape index (κ1) is 18.6. The number of pyridine rings is 1. The van der Waals surface area contributed by atoms with Crippen LogP contribution in [0.5, 0.6) is 0 Å². The Balaban J connectivity index is 1.39. The molecule has 5 heteroatoms. The van der Waals surface area contributed by atoms with Gasteiger partial charge in [-0.2, -0.15) is 0 Å². The fourth-order valence-electron chi connectivity index (χ4n) is 4.12. The van der Waals surface area contributed by atoms with Crippen LogP contribution in [0.3, 0.4) is 0 Å². The van der Waals surface area contributed by atoms with Crippen molar-refractivity contribution in [3.63, 3.8) is 0 Å². The molecular formula is C25H23N3O2. The molecule has 1 atom stereocenters. The number of piperidine rings is 1. The number of likely N-dealkylation sites (tertiary alicyclic amines) is 1. The average molecular weight is 397 g/mol. The molecule has 0 bridgehead atoms. The van der Waals surface area contributed by atoms with Crippen LogP contribution in [-0.2, 0) is 6.42 Å². The molecular weight excluding hydrogens is 374 g/mol. The normalized spacial score (nSPS) is 16.7. The van der Waals surface area contributed by atoms with E-state index in [1.54, 1.807) is 6.20 Å². The molecule has 1 amide bonds. The monoisotopic (exact) mass is 397 g/mol. The Morgan fingerprint density at radius 3 is 2.73 bits per heavy atom. The second-order valence-electron chi connectivity index (χ2n) is 7.73. The molecule has 3 heterocycles. The molecule has 5 nitrogen and oxygen atoms in total. The van der Waals surface area contributed by atoms with Crippen molar-refractivity contribution in [2.75, 3.05) is 6.54 Å². The van der Waals surface area contributed by atoms with Gasteiger partial charge < -0.3 is 9.32 Å². The summed E-state index contributed by atoms with van der Waals surface area (Å²) in [6, 6.07) is 21.7. The zero-order valence-electron chi connectivity index (χ0n) is 16.7. The Hall–Kier alpha value is -3.47. The molecule has 1 fully saturated rings. The summed E-state index contributed by atoms with van der Waals surface area (Å²) in [5.41, 5.74) is 2.48. The van der Waals surface area contributed by atoms with E-state index < -0.39 is 0 Å². The minimum Gasteiger partial charge on any atom is -0.443 e. The molecule has 0 N–H and O–H groups in total. The van der Waals surface area contributed by atoms with Crippen LogP contribution in [0.25, 0.3) is 10.9 Å². The standard InChI is InChI=1S/C25H23N3O2/c29-25(22-14-13-19-10-4-5-11-21(19)27-22)28-15-7-6-12-23(28)24-26-17-20(30-24)16-18-8-2-1-3-9-18/h1-5,8-11,13-14,17,23H,6-7,12,15-16H2/t23-/m0/s1. The van der Waals surface area contributed by atoms with Crippen molar-refractivity contribution >= 4 is 16.8 Å². The highest BCUT2D eigenvalue weighted by atomic mass is 16.4. The summed E-state index contributed by atoms with van der Waals surface area (Å²) in [7, 11) is 0. The van der Waals surface area contributed by atoms with Gasteiger partial charge >= 0.3 is 0 Å². The van der Waals surface area contributed by atoms with Crippen LogP contribution in [0.1, 0.15) is 53.0 Å². The molecule has 1 aliphatic rings. The van der Waals surface area contributed by atoms with E-state index in [0.29, 0.717) is 24.6 Å². The van der Waals surface area contributed by atoms with Crippen molar-refractivity contribution in [1.29, 1.82) is 0 Å². The topological polar surface area (TPSA) is 59.2 Å². The van der Waals surface area contributed by atoms with E-state index in [4.69, 9.17) is 4.42 Å². The highest BCUT2D eigenvalue weighted by molar-refractivity contribution is 5.95. The van der Waals surface area contributed by atoms with Gasteiger partial charge in [-0.3, -0.25) is 4.79 Å². The summed E-state index contributed by atoms with van der Waals surface area (Å²) in [5.74, 6) is 1.38. The second kappa shape index (κ2) is 8.11. The van der Waals surface area contributed by atoms with E-state index in [1.807, 2.05) is 59.5 Å². The number of rotatable bonds is 4. The number of carbonyl (C=O) groups is 1. The fourth-order valence-corrected chi connectivity index (χ4v) is 4.12. The van der Waals surface area contributed by atoms with Gasteiger partial charge in [-0.1, -0.05) is 54.6 Å². The third-order valence-electron chi connectivity index (χ3n) is 5.66.